The number of hydrogen-bond acceptors (Lipinski definition) is 6. The van der Waals surface area contributed by atoms with Gasteiger partial charge in [0.25, 0.3) is 0 Å². The normalized spacial score (nSPS) is 23.4. The zero-order valence-corrected chi connectivity index (χ0v) is 21.7. The molecule has 7 heteroatoms. The van der Waals surface area contributed by atoms with Crippen LogP contribution >= 0.6 is 0 Å². The Bertz CT molecular complexity index is 1320. The van der Waals surface area contributed by atoms with Gasteiger partial charge >= 0.3 is 0 Å². The highest BCUT2D eigenvalue weighted by Gasteiger charge is 2.36. The Morgan fingerprint density at radius 1 is 1.00 bits per heavy atom. The standard InChI is InChI=1S/C30H37N7/c1-22-19-34-37-28(33-21-23-6-5-15-32-20-23)18-27(35-29(22)37)24-11-16-36(17-12-24)26-9-13-30(31,14-10-26)25-7-3-2-4-8-25/h2-8,15,18-20,24,26,33H,9-14,16-17,21,31H2,1H3. The number of fused-ring (bicyclic) bond motifs is 1. The Kier molecular flexibility index (Phi) is 6.65. The number of piperidine rings is 1. The average molecular weight is 496 g/mol. The van der Waals surface area contributed by atoms with Gasteiger partial charge in [-0.1, -0.05) is 36.4 Å². The monoisotopic (exact) mass is 495 g/mol. The molecule has 3 N–H and O–H groups in total. The van der Waals surface area contributed by atoms with Crippen molar-refractivity contribution in [3.8, 4) is 0 Å². The number of nitrogens with two attached hydrogens (primary N) is 1. The van der Waals surface area contributed by atoms with E-state index in [0.29, 0.717) is 18.5 Å². The highest BCUT2D eigenvalue weighted by Crippen LogP contribution is 2.38. The highest BCUT2D eigenvalue weighted by atomic mass is 15.3. The molecule has 4 aromatic rings. The van der Waals surface area contributed by atoms with Crippen LogP contribution in [0.2, 0.25) is 0 Å². The van der Waals surface area contributed by atoms with Crippen LogP contribution in [0.1, 0.15) is 66.8 Å². The van der Waals surface area contributed by atoms with Crippen LogP contribution in [-0.2, 0) is 12.1 Å². The van der Waals surface area contributed by atoms with Crippen LogP contribution in [0.15, 0.2) is 67.1 Å². The third-order valence-electron chi connectivity index (χ3n) is 8.52. The molecule has 0 bridgehead atoms. The fourth-order valence-corrected chi connectivity index (χ4v) is 6.22. The van der Waals surface area contributed by atoms with E-state index in [1.165, 1.54) is 24.1 Å². The lowest BCUT2D eigenvalue weighted by Gasteiger charge is -2.44. The van der Waals surface area contributed by atoms with Crippen molar-refractivity contribution in [3.63, 3.8) is 0 Å². The molecule has 0 atom stereocenters. The average Bonchev–Trinajstić information content (AvgIpc) is 3.34. The first-order valence-corrected chi connectivity index (χ1v) is 13.7. The largest absolute Gasteiger partial charge is 0.366 e. The number of likely N-dealkylation sites (tertiary alicyclic amines) is 1. The van der Waals surface area contributed by atoms with Gasteiger partial charge in [-0.2, -0.15) is 9.61 Å². The summed E-state index contributed by atoms with van der Waals surface area (Å²) in [5.74, 6) is 1.46. The second-order valence-corrected chi connectivity index (χ2v) is 10.9. The van der Waals surface area contributed by atoms with Gasteiger partial charge in [-0.25, -0.2) is 4.98 Å². The Balaban J connectivity index is 1.11. The molecule has 3 aromatic heterocycles. The van der Waals surface area contributed by atoms with Crippen LogP contribution in [0, 0.1) is 6.92 Å². The summed E-state index contributed by atoms with van der Waals surface area (Å²) in [6.07, 6.45) is 12.4. The molecule has 0 spiro atoms. The smallest absolute Gasteiger partial charge is 0.160 e. The summed E-state index contributed by atoms with van der Waals surface area (Å²) in [5.41, 5.74) is 12.3. The van der Waals surface area contributed by atoms with E-state index in [1.807, 2.05) is 23.0 Å². The van der Waals surface area contributed by atoms with Crippen molar-refractivity contribution in [2.75, 3.05) is 18.4 Å². The lowest BCUT2D eigenvalue weighted by Crippen LogP contribution is -2.48. The van der Waals surface area contributed by atoms with E-state index >= 15 is 0 Å². The quantitative estimate of drug-likeness (QED) is 0.391. The predicted octanol–water partition coefficient (Wildman–Crippen LogP) is 5.02. The lowest BCUT2D eigenvalue weighted by molar-refractivity contribution is 0.0983. The number of nitrogens with one attached hydrogen (secondary N) is 1. The summed E-state index contributed by atoms with van der Waals surface area (Å²) in [4.78, 5) is 12.0. The fraction of sp³-hybridized carbons (Fsp3) is 0.433. The third-order valence-corrected chi connectivity index (χ3v) is 8.52. The van der Waals surface area contributed by atoms with E-state index in [4.69, 9.17) is 10.7 Å². The molecule has 6 rings (SSSR count). The molecule has 1 saturated heterocycles. The first-order valence-electron chi connectivity index (χ1n) is 13.7. The van der Waals surface area contributed by atoms with Crippen molar-refractivity contribution in [1.82, 2.24) is 24.5 Å². The van der Waals surface area contributed by atoms with Crippen LogP contribution in [0.5, 0.6) is 0 Å². The van der Waals surface area contributed by atoms with Gasteiger partial charge in [-0.15, -0.1) is 0 Å². The van der Waals surface area contributed by atoms with Crippen LogP contribution in [-0.4, -0.2) is 43.6 Å². The van der Waals surface area contributed by atoms with Crippen molar-refractivity contribution < 1.29 is 0 Å². The first-order chi connectivity index (χ1) is 18.1. The molecule has 2 fully saturated rings. The number of hydrogen-bond donors (Lipinski definition) is 2. The molecule has 1 aliphatic carbocycles. The number of benzene rings is 1. The number of aromatic nitrogens is 4. The maximum atomic E-state index is 6.85. The van der Waals surface area contributed by atoms with Crippen LogP contribution < -0.4 is 11.1 Å². The van der Waals surface area contributed by atoms with Crippen molar-refractivity contribution in [2.24, 2.45) is 5.73 Å². The molecule has 192 valence electrons. The van der Waals surface area contributed by atoms with Gasteiger partial charge in [-0.05, 0) is 75.7 Å². The molecular formula is C30H37N7. The highest BCUT2D eigenvalue weighted by molar-refractivity contribution is 5.54. The Morgan fingerprint density at radius 2 is 1.78 bits per heavy atom. The Labute approximate surface area is 219 Å². The number of nitrogens with zero attached hydrogens (tertiary/aromatic N) is 5. The van der Waals surface area contributed by atoms with E-state index in [1.54, 1.807) is 6.20 Å². The van der Waals surface area contributed by atoms with Gasteiger partial charge in [0, 0.05) is 53.8 Å². The van der Waals surface area contributed by atoms with E-state index in [9.17, 15) is 0 Å². The summed E-state index contributed by atoms with van der Waals surface area (Å²) < 4.78 is 1.93. The maximum absolute atomic E-state index is 6.85. The number of rotatable bonds is 6. The molecule has 37 heavy (non-hydrogen) atoms. The minimum atomic E-state index is -0.169. The topological polar surface area (TPSA) is 84.4 Å². The Hall–Kier alpha value is -3.29. The van der Waals surface area contributed by atoms with Gasteiger partial charge < -0.3 is 16.0 Å². The second kappa shape index (κ2) is 10.2. The maximum Gasteiger partial charge on any atom is 0.160 e. The van der Waals surface area contributed by atoms with E-state index in [-0.39, 0.29) is 5.54 Å². The van der Waals surface area contributed by atoms with Crippen LogP contribution in [0.3, 0.4) is 0 Å². The molecule has 1 saturated carbocycles. The fourth-order valence-electron chi connectivity index (χ4n) is 6.22. The molecule has 0 amide bonds. The minimum Gasteiger partial charge on any atom is -0.366 e. The molecule has 0 unspecified atom stereocenters. The number of pyridine rings is 1. The first kappa shape index (κ1) is 24.1. The van der Waals surface area contributed by atoms with E-state index in [0.717, 1.165) is 61.4 Å². The zero-order valence-electron chi connectivity index (χ0n) is 21.7. The zero-order chi connectivity index (χ0) is 25.2. The lowest BCUT2D eigenvalue weighted by atomic mass is 9.75. The van der Waals surface area contributed by atoms with E-state index < -0.39 is 0 Å². The molecule has 7 nitrogen and oxygen atoms in total. The number of anilines is 1. The minimum absolute atomic E-state index is 0.169. The molecule has 2 aliphatic rings. The van der Waals surface area contributed by atoms with E-state index in [2.05, 4.69) is 69.7 Å². The molecule has 1 aliphatic heterocycles. The Morgan fingerprint density at radius 3 is 2.51 bits per heavy atom. The van der Waals surface area contributed by atoms with Gasteiger partial charge in [0.1, 0.15) is 5.82 Å². The summed E-state index contributed by atoms with van der Waals surface area (Å²) >= 11 is 0. The van der Waals surface area contributed by atoms with Crippen molar-refractivity contribution >= 4 is 11.5 Å². The SMILES string of the molecule is Cc1cnn2c(NCc3cccnc3)cc(C3CCN(C4CCC(N)(c5ccccc5)CC4)CC3)nc12. The molecular weight excluding hydrogens is 458 g/mol. The molecule has 0 radical (unpaired) electrons. The van der Waals surface area contributed by atoms with Gasteiger partial charge in [0.15, 0.2) is 5.65 Å². The van der Waals surface area contributed by atoms with Crippen molar-refractivity contribution in [3.05, 3.63) is 89.5 Å². The van der Waals surface area contributed by atoms with Crippen LogP contribution in [0.25, 0.3) is 5.65 Å². The molecule has 1 aromatic carbocycles. The molecule has 4 heterocycles. The summed E-state index contributed by atoms with van der Waals surface area (Å²) in [5, 5.41) is 8.16. The number of aryl methyl sites for hydroxylation is 1. The van der Waals surface area contributed by atoms with Crippen molar-refractivity contribution in [1.29, 1.82) is 0 Å². The predicted molar refractivity (Wildman–Crippen MR) is 147 cm³/mol. The summed E-state index contributed by atoms with van der Waals surface area (Å²) in [7, 11) is 0. The third kappa shape index (κ3) is 4.98. The second-order valence-electron chi connectivity index (χ2n) is 10.9. The van der Waals surface area contributed by atoms with Crippen molar-refractivity contribution in [2.45, 2.75) is 69.5 Å². The van der Waals surface area contributed by atoms with Gasteiger partial charge in [0.2, 0.25) is 0 Å². The summed E-state index contributed by atoms with van der Waals surface area (Å²) in [6, 6.07) is 17.6. The van der Waals surface area contributed by atoms with Gasteiger partial charge in [0.05, 0.1) is 6.20 Å². The van der Waals surface area contributed by atoms with Gasteiger partial charge in [-0.3, -0.25) is 4.98 Å². The van der Waals surface area contributed by atoms with Crippen LogP contribution in [0.4, 0.5) is 5.82 Å². The summed E-state index contributed by atoms with van der Waals surface area (Å²) in [6.45, 7) is 5.04.